The number of pyridine rings is 1. The first-order valence-electron chi connectivity index (χ1n) is 12.9. The lowest BCUT2D eigenvalue weighted by molar-refractivity contribution is 0.167. The highest BCUT2D eigenvalue weighted by Crippen LogP contribution is 2.43. The zero-order valence-corrected chi connectivity index (χ0v) is 21.3. The van der Waals surface area contributed by atoms with E-state index in [9.17, 15) is 11.0 Å². The van der Waals surface area contributed by atoms with Gasteiger partial charge in [0.1, 0.15) is 17.6 Å². The van der Waals surface area contributed by atoms with Crippen molar-refractivity contribution in [1.29, 1.82) is 5.26 Å². The summed E-state index contributed by atoms with van der Waals surface area (Å²) in [5, 5.41) is 26.3. The van der Waals surface area contributed by atoms with Gasteiger partial charge in [-0.3, -0.25) is 4.98 Å². The number of nitriles is 1. The third kappa shape index (κ3) is 4.72. The second-order valence-electron chi connectivity index (χ2n) is 10.7. The van der Waals surface area contributed by atoms with Crippen molar-refractivity contribution < 1.29 is 5.76 Å². The Hall–Kier alpha value is -3.70. The molecule has 37 heavy (non-hydrogen) atoms. The topological polar surface area (TPSA) is 91.5 Å². The van der Waals surface area contributed by atoms with Crippen LogP contribution in [-0.4, -0.2) is 26.0 Å². The number of halogens is 2. The summed E-state index contributed by atoms with van der Waals surface area (Å²) in [5.74, 6) is -0.392. The molecule has 1 unspecified atom stereocenters. The van der Waals surface area contributed by atoms with Crippen LogP contribution in [0, 0.1) is 22.6 Å². The van der Waals surface area contributed by atoms with Gasteiger partial charge < -0.3 is 10.6 Å². The standard InChI is InChI=1S/C28H27ClFN7/c1-28(2)11-20(12-28)34-25-17(13-31)14-32-27-22(25)9-19(10-23(27)29)33-26(16-3-5-18(30)6-4-16)24-15-37(36-35-24)21-7-8-21/h3-6,9-10,14-15,20-21,26,33H,7-8,11-12H2,1-2H3,(H,32,34)/i26D. The maximum absolute atomic E-state index is 13.8. The van der Waals surface area contributed by atoms with E-state index in [1.807, 2.05) is 6.07 Å². The average Bonchev–Trinajstić information content (AvgIpc) is 3.59. The molecular formula is C28H27ClFN7. The Labute approximate surface area is 221 Å². The van der Waals surface area contributed by atoms with Gasteiger partial charge in [0.05, 0.1) is 41.4 Å². The number of hydrogen-bond donors (Lipinski definition) is 2. The molecule has 1 atom stereocenters. The van der Waals surface area contributed by atoms with Gasteiger partial charge in [-0.05, 0) is 60.9 Å². The molecule has 0 spiro atoms. The predicted octanol–water partition coefficient (Wildman–Crippen LogP) is 6.63. The molecule has 2 aliphatic carbocycles. The molecule has 9 heteroatoms. The fourth-order valence-corrected chi connectivity index (χ4v) is 5.37. The van der Waals surface area contributed by atoms with Crippen molar-refractivity contribution in [3.8, 4) is 6.07 Å². The summed E-state index contributed by atoms with van der Waals surface area (Å²) in [6, 6.07) is 10.5. The Balaban J connectivity index is 1.44. The second-order valence-corrected chi connectivity index (χ2v) is 11.2. The van der Waals surface area contributed by atoms with Crippen molar-refractivity contribution in [2.75, 3.05) is 10.6 Å². The van der Waals surface area contributed by atoms with Gasteiger partial charge in [0.2, 0.25) is 0 Å². The molecule has 0 amide bonds. The SMILES string of the molecule is [2H]C(Nc1cc(Cl)c2ncc(C#N)c(NC3CC(C)(C)C3)c2c1)(c1ccc(F)cc1)c1cn(C2CC2)nn1. The van der Waals surface area contributed by atoms with Gasteiger partial charge in [-0.2, -0.15) is 5.26 Å². The van der Waals surface area contributed by atoms with Crippen LogP contribution in [0.25, 0.3) is 10.9 Å². The van der Waals surface area contributed by atoms with Gasteiger partial charge in [0.25, 0.3) is 0 Å². The molecule has 0 saturated heterocycles. The number of aromatic nitrogens is 4. The molecule has 0 bridgehead atoms. The van der Waals surface area contributed by atoms with Gasteiger partial charge in [-0.25, -0.2) is 9.07 Å². The van der Waals surface area contributed by atoms with Crippen LogP contribution in [0.3, 0.4) is 0 Å². The van der Waals surface area contributed by atoms with Crippen molar-refractivity contribution in [2.24, 2.45) is 5.41 Å². The van der Waals surface area contributed by atoms with E-state index >= 15 is 0 Å². The maximum atomic E-state index is 13.8. The van der Waals surface area contributed by atoms with Crippen LogP contribution in [0.2, 0.25) is 5.02 Å². The van der Waals surface area contributed by atoms with Gasteiger partial charge >= 0.3 is 0 Å². The predicted molar refractivity (Wildman–Crippen MR) is 142 cm³/mol. The Bertz CT molecular complexity index is 1570. The van der Waals surface area contributed by atoms with Crippen molar-refractivity contribution in [1.82, 2.24) is 20.0 Å². The fourth-order valence-electron chi connectivity index (χ4n) is 5.11. The fraction of sp³-hybridized carbons (Fsp3) is 0.357. The maximum Gasteiger partial charge on any atom is 0.123 e. The molecule has 2 aliphatic rings. The summed E-state index contributed by atoms with van der Waals surface area (Å²) < 4.78 is 25.1. The van der Waals surface area contributed by atoms with Gasteiger partial charge in [-0.1, -0.05) is 42.8 Å². The van der Waals surface area contributed by atoms with Gasteiger partial charge in [0, 0.05) is 23.3 Å². The average molecular weight is 517 g/mol. The number of hydrogen-bond acceptors (Lipinski definition) is 6. The highest BCUT2D eigenvalue weighted by atomic mass is 35.5. The molecule has 2 aromatic heterocycles. The van der Waals surface area contributed by atoms with Crippen LogP contribution in [0.5, 0.6) is 0 Å². The molecule has 2 N–H and O–H groups in total. The molecule has 0 aliphatic heterocycles. The quantitative estimate of drug-likeness (QED) is 0.286. The van der Waals surface area contributed by atoms with Crippen molar-refractivity contribution in [3.05, 3.63) is 76.5 Å². The number of fused-ring (bicyclic) bond motifs is 1. The smallest absolute Gasteiger partial charge is 0.123 e. The van der Waals surface area contributed by atoms with E-state index in [4.69, 9.17) is 11.6 Å². The van der Waals surface area contributed by atoms with Gasteiger partial charge in [0.15, 0.2) is 0 Å². The molecular weight excluding hydrogens is 489 g/mol. The summed E-state index contributed by atoms with van der Waals surface area (Å²) in [6.07, 6.45) is 7.34. The number of anilines is 2. The molecule has 2 heterocycles. The van der Waals surface area contributed by atoms with Crippen LogP contribution < -0.4 is 10.6 Å². The minimum Gasteiger partial charge on any atom is -0.381 e. The van der Waals surface area contributed by atoms with E-state index in [1.54, 1.807) is 29.1 Å². The van der Waals surface area contributed by atoms with E-state index in [-0.39, 0.29) is 11.5 Å². The molecule has 6 rings (SSSR count). The summed E-state index contributed by atoms with van der Waals surface area (Å²) in [7, 11) is 0. The molecule has 2 saturated carbocycles. The molecule has 7 nitrogen and oxygen atoms in total. The molecule has 4 aromatic rings. The molecule has 188 valence electrons. The normalized spacial score (nSPS) is 18.9. The zero-order chi connectivity index (χ0) is 26.7. The number of benzene rings is 2. The van der Waals surface area contributed by atoms with Gasteiger partial charge in [-0.15, -0.1) is 5.10 Å². The van der Waals surface area contributed by atoms with Crippen LogP contribution in [0.15, 0.2) is 48.8 Å². The third-order valence-electron chi connectivity index (χ3n) is 7.08. The first-order chi connectivity index (χ1) is 18.1. The van der Waals surface area contributed by atoms with Crippen LogP contribution in [-0.2, 0) is 0 Å². The summed E-state index contributed by atoms with van der Waals surface area (Å²) in [5.41, 5.74) is 3.35. The summed E-state index contributed by atoms with van der Waals surface area (Å²) in [6.45, 7) is 4.45. The zero-order valence-electron chi connectivity index (χ0n) is 21.6. The van der Waals surface area contributed by atoms with Crippen molar-refractivity contribution in [3.63, 3.8) is 0 Å². The van der Waals surface area contributed by atoms with Crippen LogP contribution >= 0.6 is 11.6 Å². The number of nitrogens with one attached hydrogen (secondary N) is 2. The van der Waals surface area contributed by atoms with E-state index in [0.29, 0.717) is 50.2 Å². The molecule has 0 radical (unpaired) electrons. The van der Waals surface area contributed by atoms with E-state index < -0.39 is 11.8 Å². The Morgan fingerprint density at radius 3 is 2.68 bits per heavy atom. The molecule has 2 aromatic carbocycles. The highest BCUT2D eigenvalue weighted by molar-refractivity contribution is 6.35. The minimum absolute atomic E-state index is 0.241. The minimum atomic E-state index is -1.58. The Morgan fingerprint density at radius 1 is 1.24 bits per heavy atom. The lowest BCUT2D eigenvalue weighted by Gasteiger charge is -2.43. The summed E-state index contributed by atoms with van der Waals surface area (Å²) in [4.78, 5) is 4.45. The second kappa shape index (κ2) is 9.00. The summed E-state index contributed by atoms with van der Waals surface area (Å²) >= 11 is 6.70. The van der Waals surface area contributed by atoms with E-state index in [2.05, 4.69) is 45.8 Å². The largest absolute Gasteiger partial charge is 0.381 e. The molecule has 2 fully saturated rings. The lowest BCUT2D eigenvalue weighted by atomic mass is 9.68. The van der Waals surface area contributed by atoms with Crippen LogP contribution in [0.4, 0.5) is 15.8 Å². The lowest BCUT2D eigenvalue weighted by Crippen LogP contribution is -2.41. The van der Waals surface area contributed by atoms with Crippen molar-refractivity contribution >= 4 is 33.9 Å². The van der Waals surface area contributed by atoms with Crippen LogP contribution in [0.1, 0.15) is 69.8 Å². The third-order valence-corrected chi connectivity index (χ3v) is 7.37. The first-order valence-corrected chi connectivity index (χ1v) is 12.8. The Kier molecular flexibility index (Phi) is 5.47. The number of rotatable bonds is 7. The first kappa shape index (κ1) is 22.5. The monoisotopic (exact) mass is 516 g/mol. The highest BCUT2D eigenvalue weighted by Gasteiger charge is 2.36. The van der Waals surface area contributed by atoms with E-state index in [0.717, 1.165) is 25.7 Å². The Morgan fingerprint density at radius 2 is 2.00 bits per heavy atom. The number of nitrogens with zero attached hydrogens (tertiary/aromatic N) is 5. The van der Waals surface area contributed by atoms with E-state index in [1.165, 1.54) is 18.3 Å². The van der Waals surface area contributed by atoms with Crippen molar-refractivity contribution in [2.45, 2.75) is 57.6 Å².